The number of esters is 1. The van der Waals surface area contributed by atoms with Crippen molar-refractivity contribution in [1.82, 2.24) is 4.90 Å². The Morgan fingerprint density at radius 2 is 2.05 bits per heavy atom. The molecule has 0 aromatic heterocycles. The van der Waals surface area contributed by atoms with Crippen LogP contribution >= 0.6 is 0 Å². The van der Waals surface area contributed by atoms with Crippen molar-refractivity contribution < 1.29 is 19.1 Å². The second-order valence-electron chi connectivity index (χ2n) is 4.51. The number of likely N-dealkylation sites (tertiary alicyclic amines) is 1. The summed E-state index contributed by atoms with van der Waals surface area (Å²) in [5.74, 6) is 0.201. The van der Waals surface area contributed by atoms with E-state index in [0.29, 0.717) is 24.4 Å². The molecule has 6 nitrogen and oxygen atoms in total. The van der Waals surface area contributed by atoms with Crippen LogP contribution in [0.4, 0.5) is 10.5 Å². The van der Waals surface area contributed by atoms with Crippen LogP contribution < -0.4 is 10.1 Å². The van der Waals surface area contributed by atoms with E-state index in [4.69, 9.17) is 9.47 Å². The van der Waals surface area contributed by atoms with E-state index >= 15 is 0 Å². The van der Waals surface area contributed by atoms with E-state index in [-0.39, 0.29) is 12.0 Å². The van der Waals surface area contributed by atoms with Crippen LogP contribution in [0.5, 0.6) is 5.75 Å². The molecule has 6 heteroatoms. The summed E-state index contributed by atoms with van der Waals surface area (Å²) in [6, 6.07) is 6.32. The number of hydrogen-bond donors (Lipinski definition) is 1. The zero-order chi connectivity index (χ0) is 14.5. The first-order valence-corrected chi connectivity index (χ1v) is 6.46. The van der Waals surface area contributed by atoms with Crippen molar-refractivity contribution in [3.63, 3.8) is 0 Å². The van der Waals surface area contributed by atoms with E-state index in [1.807, 2.05) is 6.07 Å². The Morgan fingerprint density at radius 1 is 1.30 bits per heavy atom. The molecule has 108 valence electrons. The Labute approximate surface area is 117 Å². The molecule has 1 aliphatic heterocycles. The fraction of sp³-hybridized carbons (Fsp3) is 0.429. The lowest BCUT2D eigenvalue weighted by molar-refractivity contribution is -0.144. The van der Waals surface area contributed by atoms with Gasteiger partial charge in [0, 0.05) is 6.54 Å². The van der Waals surface area contributed by atoms with Crippen LogP contribution in [-0.2, 0) is 9.53 Å². The minimum absolute atomic E-state index is 0.317. The van der Waals surface area contributed by atoms with Crippen molar-refractivity contribution in [1.29, 1.82) is 0 Å². The number of benzene rings is 1. The van der Waals surface area contributed by atoms with Crippen molar-refractivity contribution in [2.75, 3.05) is 26.1 Å². The molecule has 1 heterocycles. The lowest BCUT2D eigenvalue weighted by Crippen LogP contribution is -2.43. The first-order valence-electron chi connectivity index (χ1n) is 6.46. The minimum atomic E-state index is -0.505. The highest BCUT2D eigenvalue weighted by Crippen LogP contribution is 2.25. The normalized spacial score (nSPS) is 17.7. The summed E-state index contributed by atoms with van der Waals surface area (Å²) in [7, 11) is 2.87. The number of ether oxygens (including phenoxy) is 2. The lowest BCUT2D eigenvalue weighted by atomic mass is 10.2. The molecule has 20 heavy (non-hydrogen) atoms. The number of nitrogens with zero attached hydrogens (tertiary/aromatic N) is 1. The van der Waals surface area contributed by atoms with Gasteiger partial charge in [0.25, 0.3) is 0 Å². The average Bonchev–Trinajstić information content (AvgIpc) is 2.96. The number of hydrogen-bond acceptors (Lipinski definition) is 4. The van der Waals surface area contributed by atoms with E-state index in [2.05, 4.69) is 5.32 Å². The zero-order valence-corrected chi connectivity index (χ0v) is 11.6. The van der Waals surface area contributed by atoms with Gasteiger partial charge in [-0.05, 0) is 25.0 Å². The van der Waals surface area contributed by atoms with Crippen LogP contribution in [0, 0.1) is 0 Å². The van der Waals surface area contributed by atoms with E-state index < -0.39 is 6.04 Å². The van der Waals surface area contributed by atoms with Gasteiger partial charge in [0.1, 0.15) is 11.8 Å². The Hall–Kier alpha value is -2.24. The summed E-state index contributed by atoms with van der Waals surface area (Å²) in [4.78, 5) is 25.4. The molecular weight excluding hydrogens is 260 g/mol. The number of methoxy groups -OCH3 is 2. The maximum Gasteiger partial charge on any atom is 0.328 e. The Balaban J connectivity index is 2.09. The monoisotopic (exact) mass is 278 g/mol. The molecule has 0 aliphatic carbocycles. The topological polar surface area (TPSA) is 67.9 Å². The number of rotatable bonds is 3. The van der Waals surface area contributed by atoms with Gasteiger partial charge in [-0.25, -0.2) is 9.59 Å². The van der Waals surface area contributed by atoms with Crippen molar-refractivity contribution in [2.45, 2.75) is 18.9 Å². The lowest BCUT2D eigenvalue weighted by Gasteiger charge is -2.23. The van der Waals surface area contributed by atoms with Gasteiger partial charge in [-0.2, -0.15) is 0 Å². The number of carbonyl (C=O) groups excluding carboxylic acids is 2. The summed E-state index contributed by atoms with van der Waals surface area (Å²) < 4.78 is 9.90. The van der Waals surface area contributed by atoms with E-state index in [9.17, 15) is 9.59 Å². The standard InChI is InChI=1S/C14H18N2O4/c1-19-12-8-4-3-6-10(12)15-14(18)16-9-5-7-11(16)13(17)20-2/h3-4,6,8,11H,5,7,9H2,1-2H3,(H,15,18). The van der Waals surface area contributed by atoms with Crippen LogP contribution in [0.2, 0.25) is 0 Å². The number of urea groups is 1. The minimum Gasteiger partial charge on any atom is -0.495 e. The molecule has 1 aromatic carbocycles. The molecule has 1 unspecified atom stereocenters. The molecule has 0 radical (unpaired) electrons. The van der Waals surface area contributed by atoms with Crippen molar-refractivity contribution >= 4 is 17.7 Å². The molecule has 1 aliphatic rings. The molecular formula is C14H18N2O4. The quantitative estimate of drug-likeness (QED) is 0.857. The van der Waals surface area contributed by atoms with E-state index in [1.54, 1.807) is 18.2 Å². The first-order chi connectivity index (χ1) is 9.67. The summed E-state index contributed by atoms with van der Waals surface area (Å²) in [5, 5.41) is 2.77. The number of para-hydroxylation sites is 2. The Morgan fingerprint density at radius 3 is 2.75 bits per heavy atom. The second-order valence-corrected chi connectivity index (χ2v) is 4.51. The number of amides is 2. The zero-order valence-electron chi connectivity index (χ0n) is 11.6. The maximum atomic E-state index is 12.3. The van der Waals surface area contributed by atoms with Crippen LogP contribution in [0.25, 0.3) is 0 Å². The van der Waals surface area contributed by atoms with Crippen LogP contribution in [0.1, 0.15) is 12.8 Å². The van der Waals surface area contributed by atoms with Gasteiger partial charge in [-0.15, -0.1) is 0 Å². The van der Waals surface area contributed by atoms with Gasteiger partial charge >= 0.3 is 12.0 Å². The van der Waals surface area contributed by atoms with Gasteiger partial charge in [0.15, 0.2) is 0 Å². The van der Waals surface area contributed by atoms with Gasteiger partial charge in [0.2, 0.25) is 0 Å². The van der Waals surface area contributed by atoms with Crippen molar-refractivity contribution in [3.8, 4) is 5.75 Å². The molecule has 0 bridgehead atoms. The predicted molar refractivity (Wildman–Crippen MR) is 73.8 cm³/mol. The maximum absolute atomic E-state index is 12.3. The van der Waals surface area contributed by atoms with Crippen molar-refractivity contribution in [3.05, 3.63) is 24.3 Å². The van der Waals surface area contributed by atoms with Gasteiger partial charge in [-0.1, -0.05) is 12.1 Å². The largest absolute Gasteiger partial charge is 0.495 e. The van der Waals surface area contributed by atoms with Gasteiger partial charge < -0.3 is 19.7 Å². The third-order valence-electron chi connectivity index (χ3n) is 3.34. The smallest absolute Gasteiger partial charge is 0.328 e. The van der Waals surface area contributed by atoms with Gasteiger partial charge in [-0.3, -0.25) is 0 Å². The predicted octanol–water partition coefficient (Wildman–Crippen LogP) is 1.86. The third kappa shape index (κ3) is 2.84. The summed E-state index contributed by atoms with van der Waals surface area (Å²) in [5.41, 5.74) is 0.579. The van der Waals surface area contributed by atoms with Gasteiger partial charge in [0.05, 0.1) is 19.9 Å². The van der Waals surface area contributed by atoms with Crippen LogP contribution in [0.15, 0.2) is 24.3 Å². The first kappa shape index (κ1) is 14.2. The Bertz CT molecular complexity index is 504. The fourth-order valence-electron chi connectivity index (χ4n) is 2.33. The highest BCUT2D eigenvalue weighted by atomic mass is 16.5. The highest BCUT2D eigenvalue weighted by molar-refractivity contribution is 5.94. The Kier molecular flexibility index (Phi) is 4.45. The number of anilines is 1. The SMILES string of the molecule is COC(=O)C1CCCN1C(=O)Nc1ccccc1OC. The molecule has 1 atom stereocenters. The summed E-state index contributed by atoms with van der Waals surface area (Å²) >= 11 is 0. The fourth-order valence-corrected chi connectivity index (χ4v) is 2.33. The molecule has 2 rings (SSSR count). The van der Waals surface area contributed by atoms with Crippen LogP contribution in [0.3, 0.4) is 0 Å². The van der Waals surface area contributed by atoms with E-state index in [1.165, 1.54) is 19.1 Å². The molecule has 2 amide bonds. The van der Waals surface area contributed by atoms with Crippen molar-refractivity contribution in [2.24, 2.45) is 0 Å². The second kappa shape index (κ2) is 6.27. The van der Waals surface area contributed by atoms with E-state index in [0.717, 1.165) is 6.42 Å². The number of nitrogens with one attached hydrogen (secondary N) is 1. The highest BCUT2D eigenvalue weighted by Gasteiger charge is 2.35. The molecule has 1 aromatic rings. The molecule has 1 fully saturated rings. The average molecular weight is 278 g/mol. The molecule has 1 N–H and O–H groups in total. The molecule has 0 spiro atoms. The third-order valence-corrected chi connectivity index (χ3v) is 3.34. The molecule has 0 saturated carbocycles. The summed E-state index contributed by atoms with van der Waals surface area (Å²) in [6.45, 7) is 0.542. The number of carbonyl (C=O) groups is 2. The summed E-state index contributed by atoms with van der Waals surface area (Å²) in [6.07, 6.45) is 1.42. The molecule has 1 saturated heterocycles. The van der Waals surface area contributed by atoms with Crippen LogP contribution in [-0.4, -0.2) is 43.7 Å².